The predicted molar refractivity (Wildman–Crippen MR) is 103 cm³/mol. The van der Waals surface area contributed by atoms with Crippen LogP contribution in [-0.4, -0.2) is 17.1 Å². The highest BCUT2D eigenvalue weighted by molar-refractivity contribution is 5.92. The molecule has 134 valence electrons. The van der Waals surface area contributed by atoms with Gasteiger partial charge in [0.15, 0.2) is 0 Å². The summed E-state index contributed by atoms with van der Waals surface area (Å²) < 4.78 is 5.22. The van der Waals surface area contributed by atoms with Crippen LogP contribution in [0.4, 0.5) is 11.4 Å². The van der Waals surface area contributed by atoms with E-state index in [-0.39, 0.29) is 11.4 Å². The fraction of sp³-hybridized carbons (Fsp3) is 0.0476. The molecule has 0 heterocycles. The quantitative estimate of drug-likeness (QED) is 0.214. The molecule has 0 N–H and O–H groups in total. The monoisotopic (exact) mass is 360 g/mol. The zero-order chi connectivity index (χ0) is 19.2. The van der Waals surface area contributed by atoms with E-state index < -0.39 is 10.9 Å². The van der Waals surface area contributed by atoms with Gasteiger partial charge in [0.1, 0.15) is 5.75 Å². The smallest absolute Gasteiger partial charge is 0.343 e. The molecule has 0 unspecified atom stereocenters. The highest BCUT2D eigenvalue weighted by Crippen LogP contribution is 2.19. The van der Waals surface area contributed by atoms with Gasteiger partial charge < -0.3 is 4.74 Å². The van der Waals surface area contributed by atoms with Crippen LogP contribution in [-0.2, 0) is 0 Å². The summed E-state index contributed by atoms with van der Waals surface area (Å²) in [5.41, 5.74) is 3.18. The van der Waals surface area contributed by atoms with Crippen LogP contribution in [0.15, 0.2) is 77.8 Å². The van der Waals surface area contributed by atoms with Crippen LogP contribution in [0, 0.1) is 17.0 Å². The van der Waals surface area contributed by atoms with E-state index in [0.29, 0.717) is 5.56 Å². The third kappa shape index (κ3) is 4.85. The van der Waals surface area contributed by atoms with Gasteiger partial charge in [-0.25, -0.2) is 4.79 Å². The van der Waals surface area contributed by atoms with Gasteiger partial charge in [-0.2, -0.15) is 0 Å². The van der Waals surface area contributed by atoms with Gasteiger partial charge in [0.05, 0.1) is 16.2 Å². The average molecular weight is 360 g/mol. The molecule has 0 spiro atoms. The van der Waals surface area contributed by atoms with Crippen molar-refractivity contribution >= 4 is 23.6 Å². The number of hydrogen-bond acceptors (Lipinski definition) is 5. The molecule has 0 aliphatic heterocycles. The van der Waals surface area contributed by atoms with Gasteiger partial charge in [0, 0.05) is 18.3 Å². The fourth-order valence-corrected chi connectivity index (χ4v) is 2.29. The van der Waals surface area contributed by atoms with Crippen LogP contribution >= 0.6 is 0 Å². The molecule has 27 heavy (non-hydrogen) atoms. The van der Waals surface area contributed by atoms with Gasteiger partial charge in [-0.05, 0) is 48.9 Å². The van der Waals surface area contributed by atoms with E-state index in [1.807, 2.05) is 31.2 Å². The first-order chi connectivity index (χ1) is 13.0. The van der Waals surface area contributed by atoms with Crippen molar-refractivity contribution in [3.63, 3.8) is 0 Å². The lowest BCUT2D eigenvalue weighted by Crippen LogP contribution is -2.08. The Morgan fingerprint density at radius 3 is 2.19 bits per heavy atom. The van der Waals surface area contributed by atoms with Crippen molar-refractivity contribution < 1.29 is 14.5 Å². The minimum atomic E-state index is -0.536. The van der Waals surface area contributed by atoms with Gasteiger partial charge in [-0.1, -0.05) is 29.8 Å². The van der Waals surface area contributed by atoms with Crippen molar-refractivity contribution in [1.82, 2.24) is 0 Å². The fourth-order valence-electron chi connectivity index (χ4n) is 2.29. The zero-order valence-electron chi connectivity index (χ0n) is 14.5. The van der Waals surface area contributed by atoms with E-state index in [1.54, 1.807) is 30.5 Å². The summed E-state index contributed by atoms with van der Waals surface area (Å²) in [5.74, 6) is -0.290. The third-order valence-corrected chi connectivity index (χ3v) is 3.80. The molecule has 0 saturated carbocycles. The molecule has 0 aliphatic carbocycles. The maximum Gasteiger partial charge on any atom is 0.343 e. The molecule has 0 saturated heterocycles. The molecule has 0 aromatic heterocycles. The number of carbonyl (C=O) groups excluding carboxylic acids is 1. The molecule has 0 radical (unpaired) electrons. The van der Waals surface area contributed by atoms with Crippen molar-refractivity contribution in [1.29, 1.82) is 0 Å². The Balaban J connectivity index is 1.64. The molecule has 6 nitrogen and oxygen atoms in total. The Bertz CT molecular complexity index is 976. The summed E-state index contributed by atoms with van der Waals surface area (Å²) in [6, 6.07) is 20.0. The number of nitro benzene ring substituents is 1. The molecule has 0 fully saturated rings. The number of rotatable bonds is 5. The van der Waals surface area contributed by atoms with Crippen molar-refractivity contribution in [2.45, 2.75) is 6.92 Å². The molecule has 3 aromatic rings. The number of hydrogen-bond donors (Lipinski definition) is 0. The number of esters is 1. The Morgan fingerprint density at radius 1 is 0.963 bits per heavy atom. The zero-order valence-corrected chi connectivity index (χ0v) is 14.5. The number of carbonyl (C=O) groups is 1. The van der Waals surface area contributed by atoms with E-state index in [2.05, 4.69) is 4.99 Å². The number of aliphatic imine (C=N–C) groups is 1. The van der Waals surface area contributed by atoms with E-state index in [0.717, 1.165) is 11.3 Å². The second-order valence-electron chi connectivity index (χ2n) is 5.86. The van der Waals surface area contributed by atoms with Crippen molar-refractivity contribution in [2.75, 3.05) is 0 Å². The highest BCUT2D eigenvalue weighted by Gasteiger charge is 2.10. The van der Waals surface area contributed by atoms with Crippen molar-refractivity contribution in [2.24, 2.45) is 4.99 Å². The van der Waals surface area contributed by atoms with E-state index in [4.69, 9.17) is 4.74 Å². The summed E-state index contributed by atoms with van der Waals surface area (Å²) in [6.07, 6.45) is 1.72. The second-order valence-corrected chi connectivity index (χ2v) is 5.86. The molecule has 3 aromatic carbocycles. The third-order valence-electron chi connectivity index (χ3n) is 3.80. The maximum atomic E-state index is 12.2. The predicted octanol–water partition coefficient (Wildman–Crippen LogP) is 4.87. The first kappa shape index (κ1) is 18.0. The summed E-state index contributed by atoms with van der Waals surface area (Å²) >= 11 is 0. The number of ether oxygens (including phenoxy) is 1. The lowest BCUT2D eigenvalue weighted by atomic mass is 10.1. The van der Waals surface area contributed by atoms with Crippen LogP contribution in [0.25, 0.3) is 0 Å². The van der Waals surface area contributed by atoms with Crippen LogP contribution < -0.4 is 4.74 Å². The first-order valence-corrected chi connectivity index (χ1v) is 8.19. The molecular weight excluding hydrogens is 344 g/mol. The van der Waals surface area contributed by atoms with E-state index in [9.17, 15) is 14.9 Å². The lowest BCUT2D eigenvalue weighted by molar-refractivity contribution is -0.384. The number of aryl methyl sites for hydroxylation is 1. The van der Waals surface area contributed by atoms with Gasteiger partial charge in [0.25, 0.3) is 5.69 Å². The van der Waals surface area contributed by atoms with Crippen LogP contribution in [0.3, 0.4) is 0 Å². The summed E-state index contributed by atoms with van der Waals surface area (Å²) in [6.45, 7) is 2.02. The Kier molecular flexibility index (Phi) is 5.37. The van der Waals surface area contributed by atoms with Crippen molar-refractivity contribution in [3.8, 4) is 5.75 Å². The molecule has 0 atom stereocenters. The number of benzene rings is 3. The van der Waals surface area contributed by atoms with Crippen LogP contribution in [0.1, 0.15) is 21.5 Å². The van der Waals surface area contributed by atoms with Crippen LogP contribution in [0.5, 0.6) is 5.75 Å². The average Bonchev–Trinajstić information content (AvgIpc) is 2.68. The normalized spacial score (nSPS) is 10.7. The van der Waals surface area contributed by atoms with E-state index >= 15 is 0 Å². The van der Waals surface area contributed by atoms with Gasteiger partial charge >= 0.3 is 5.97 Å². The van der Waals surface area contributed by atoms with Crippen LogP contribution in [0.2, 0.25) is 0 Å². The lowest BCUT2D eigenvalue weighted by Gasteiger charge is -2.04. The summed E-state index contributed by atoms with van der Waals surface area (Å²) in [7, 11) is 0. The summed E-state index contributed by atoms with van der Waals surface area (Å²) in [4.78, 5) is 26.7. The number of nitro groups is 1. The largest absolute Gasteiger partial charge is 0.423 e. The molecule has 0 bridgehead atoms. The Labute approximate surface area is 155 Å². The highest BCUT2D eigenvalue weighted by atomic mass is 16.6. The Morgan fingerprint density at radius 2 is 1.59 bits per heavy atom. The summed E-state index contributed by atoms with van der Waals surface area (Å²) in [5, 5.41) is 10.6. The molecule has 0 aliphatic rings. The van der Waals surface area contributed by atoms with E-state index in [1.165, 1.54) is 29.8 Å². The standard InChI is InChI=1S/C21H16N2O4/c1-15-2-8-18(9-3-15)22-14-16-4-6-17(7-5-16)21(24)27-20-12-10-19(11-13-20)23(25)26/h2-14H,1H3. The first-order valence-electron chi connectivity index (χ1n) is 8.19. The minimum Gasteiger partial charge on any atom is -0.423 e. The SMILES string of the molecule is Cc1ccc(N=Cc2ccc(C(=O)Oc3ccc([N+](=O)[O-])cc3)cc2)cc1. The van der Waals surface area contributed by atoms with Gasteiger partial charge in [-0.15, -0.1) is 0 Å². The number of nitrogens with zero attached hydrogens (tertiary/aromatic N) is 2. The Hall–Kier alpha value is -3.80. The van der Waals surface area contributed by atoms with Gasteiger partial charge in [0.2, 0.25) is 0 Å². The second kappa shape index (κ2) is 8.05. The molecule has 6 heteroatoms. The minimum absolute atomic E-state index is 0.0629. The van der Waals surface area contributed by atoms with Crippen molar-refractivity contribution in [3.05, 3.63) is 99.6 Å². The topological polar surface area (TPSA) is 81.8 Å². The van der Waals surface area contributed by atoms with Gasteiger partial charge in [-0.3, -0.25) is 15.1 Å². The molecular formula is C21H16N2O4. The molecule has 0 amide bonds. The molecule has 3 rings (SSSR count). The maximum absolute atomic E-state index is 12.2. The number of non-ortho nitro benzene ring substituents is 1.